The van der Waals surface area contributed by atoms with Gasteiger partial charge in [-0.1, -0.05) is 12.2 Å². The Kier molecular flexibility index (Phi) is 4.79. The van der Waals surface area contributed by atoms with E-state index >= 15 is 0 Å². The number of nitrogens with two attached hydrogens (primary N) is 1. The van der Waals surface area contributed by atoms with Crippen molar-refractivity contribution in [3.63, 3.8) is 0 Å². The Hall–Kier alpha value is -1.30. The molecule has 0 radical (unpaired) electrons. The molecule has 0 aromatic heterocycles. The van der Waals surface area contributed by atoms with Gasteiger partial charge < -0.3 is 10.6 Å². The van der Waals surface area contributed by atoms with Crippen LogP contribution in [0, 0.1) is 6.92 Å². The highest BCUT2D eigenvalue weighted by molar-refractivity contribution is 7.80. The smallest absolute Gasteiger partial charge is 0.389 e. The highest BCUT2D eigenvalue weighted by Gasteiger charge is 2.32. The molecule has 19 heavy (non-hydrogen) atoms. The molecule has 2 N–H and O–H groups in total. The number of nitrogens with zero attached hydrogens (tertiary/aromatic N) is 1. The second kappa shape index (κ2) is 5.77. The highest BCUT2D eigenvalue weighted by Crippen LogP contribution is 2.27. The van der Waals surface area contributed by atoms with Crippen LogP contribution in [0.4, 0.5) is 18.9 Å². The topological polar surface area (TPSA) is 29.3 Å². The van der Waals surface area contributed by atoms with Crippen molar-refractivity contribution in [2.24, 2.45) is 5.73 Å². The van der Waals surface area contributed by atoms with Gasteiger partial charge in [-0.05, 0) is 44.5 Å². The fourth-order valence-electron chi connectivity index (χ4n) is 1.87. The molecule has 1 rings (SSSR count). The highest BCUT2D eigenvalue weighted by atomic mass is 32.1. The van der Waals surface area contributed by atoms with E-state index in [1.165, 1.54) is 4.90 Å². The summed E-state index contributed by atoms with van der Waals surface area (Å²) >= 11 is 4.85. The van der Waals surface area contributed by atoms with Gasteiger partial charge in [-0.25, -0.2) is 0 Å². The summed E-state index contributed by atoms with van der Waals surface area (Å²) in [6.45, 7) is 4.24. The summed E-state index contributed by atoms with van der Waals surface area (Å²) in [4.78, 5) is 1.56. The molecule has 0 saturated carbocycles. The van der Waals surface area contributed by atoms with E-state index in [-0.39, 0.29) is 11.0 Å². The molecule has 0 spiro atoms. The lowest BCUT2D eigenvalue weighted by Gasteiger charge is -2.31. The van der Waals surface area contributed by atoms with Crippen molar-refractivity contribution < 1.29 is 13.2 Å². The normalized spacial score (nSPS) is 11.7. The van der Waals surface area contributed by atoms with Gasteiger partial charge in [0.25, 0.3) is 0 Å². The van der Waals surface area contributed by atoms with Crippen molar-refractivity contribution in [2.45, 2.75) is 33.0 Å². The summed E-state index contributed by atoms with van der Waals surface area (Å²) in [6.07, 6.45) is -4.24. The molecule has 0 aliphatic rings. The lowest BCUT2D eigenvalue weighted by atomic mass is 10.1. The van der Waals surface area contributed by atoms with Gasteiger partial charge in [0.05, 0.1) is 0 Å². The van der Waals surface area contributed by atoms with Crippen molar-refractivity contribution >= 4 is 22.9 Å². The minimum Gasteiger partial charge on any atom is -0.389 e. The van der Waals surface area contributed by atoms with Crippen molar-refractivity contribution in [1.29, 1.82) is 0 Å². The zero-order valence-corrected chi connectivity index (χ0v) is 11.9. The molecule has 0 aliphatic heterocycles. The van der Waals surface area contributed by atoms with E-state index in [9.17, 15) is 13.2 Å². The molecule has 106 valence electrons. The molecule has 6 heteroatoms. The van der Waals surface area contributed by atoms with Gasteiger partial charge in [-0.2, -0.15) is 13.2 Å². The monoisotopic (exact) mass is 290 g/mol. The minimum atomic E-state index is -4.24. The van der Waals surface area contributed by atoms with E-state index in [2.05, 4.69) is 0 Å². The zero-order chi connectivity index (χ0) is 14.8. The van der Waals surface area contributed by atoms with E-state index in [0.717, 1.165) is 5.56 Å². The van der Waals surface area contributed by atoms with Crippen molar-refractivity contribution in [3.05, 3.63) is 29.3 Å². The summed E-state index contributed by atoms with van der Waals surface area (Å²) in [7, 11) is 0. The summed E-state index contributed by atoms with van der Waals surface area (Å²) in [5, 5.41) is 0. The molecule has 1 aromatic rings. The second-order valence-electron chi connectivity index (χ2n) is 4.70. The predicted octanol–water partition coefficient (Wildman–Crippen LogP) is 3.41. The van der Waals surface area contributed by atoms with Crippen LogP contribution in [-0.4, -0.2) is 23.8 Å². The molecule has 0 amide bonds. The van der Waals surface area contributed by atoms with E-state index in [1.54, 1.807) is 39.0 Å². The molecule has 0 unspecified atom stereocenters. The van der Waals surface area contributed by atoms with Gasteiger partial charge in [-0.15, -0.1) is 0 Å². The van der Waals surface area contributed by atoms with Crippen LogP contribution in [0.3, 0.4) is 0 Å². The number of benzene rings is 1. The molecule has 1 aromatic carbocycles. The summed E-state index contributed by atoms with van der Waals surface area (Å²) < 4.78 is 37.8. The maximum Gasteiger partial charge on any atom is 0.405 e. The number of hydrogen-bond acceptors (Lipinski definition) is 2. The van der Waals surface area contributed by atoms with Gasteiger partial charge in [0.15, 0.2) is 0 Å². The maximum absolute atomic E-state index is 12.6. The summed E-state index contributed by atoms with van der Waals surface area (Å²) in [5.74, 6) is 0. The predicted molar refractivity (Wildman–Crippen MR) is 75.6 cm³/mol. The van der Waals surface area contributed by atoms with Gasteiger partial charge in [0, 0.05) is 17.3 Å². The van der Waals surface area contributed by atoms with Crippen LogP contribution in [0.5, 0.6) is 0 Å². The van der Waals surface area contributed by atoms with Crippen LogP contribution in [0.2, 0.25) is 0 Å². The number of aryl methyl sites for hydroxylation is 1. The van der Waals surface area contributed by atoms with Crippen LogP contribution in [0.25, 0.3) is 0 Å². The van der Waals surface area contributed by atoms with Crippen molar-refractivity contribution in [2.75, 3.05) is 11.4 Å². The van der Waals surface area contributed by atoms with E-state index in [1.807, 2.05) is 0 Å². The first-order valence-electron chi connectivity index (χ1n) is 5.85. The van der Waals surface area contributed by atoms with Crippen molar-refractivity contribution in [1.82, 2.24) is 0 Å². The fraction of sp³-hybridized carbons (Fsp3) is 0.462. The van der Waals surface area contributed by atoms with Crippen LogP contribution in [0.1, 0.15) is 25.0 Å². The summed E-state index contributed by atoms with van der Waals surface area (Å²) in [5.41, 5.74) is 7.44. The molecule has 2 nitrogen and oxygen atoms in total. The zero-order valence-electron chi connectivity index (χ0n) is 11.1. The minimum absolute atomic E-state index is 0.238. The average molecular weight is 290 g/mol. The average Bonchev–Trinajstić information content (AvgIpc) is 2.24. The molecule has 0 heterocycles. The number of anilines is 1. The Morgan fingerprint density at radius 2 is 1.95 bits per heavy atom. The van der Waals surface area contributed by atoms with Crippen LogP contribution in [-0.2, 0) is 0 Å². The molecule has 0 fully saturated rings. The van der Waals surface area contributed by atoms with E-state index < -0.39 is 12.7 Å². The van der Waals surface area contributed by atoms with Crippen molar-refractivity contribution in [3.8, 4) is 0 Å². The van der Waals surface area contributed by atoms with Crippen LogP contribution < -0.4 is 10.6 Å². The molecular weight excluding hydrogens is 273 g/mol. The lowest BCUT2D eigenvalue weighted by Crippen LogP contribution is -2.39. The quantitative estimate of drug-likeness (QED) is 0.862. The SMILES string of the molecule is Cc1cc(C(N)=S)ccc1N(CC(F)(F)F)C(C)C. The third-order valence-corrected chi connectivity index (χ3v) is 3.00. The Labute approximate surface area is 116 Å². The fourth-order valence-corrected chi connectivity index (χ4v) is 2.00. The number of halogens is 3. The molecule has 0 atom stereocenters. The van der Waals surface area contributed by atoms with Gasteiger partial charge >= 0.3 is 6.18 Å². The first-order chi connectivity index (χ1) is 8.61. The molecule has 0 saturated heterocycles. The lowest BCUT2D eigenvalue weighted by molar-refractivity contribution is -0.120. The number of alkyl halides is 3. The van der Waals surface area contributed by atoms with E-state index in [4.69, 9.17) is 18.0 Å². The first-order valence-corrected chi connectivity index (χ1v) is 6.26. The Balaban J connectivity index is 3.14. The van der Waals surface area contributed by atoms with Gasteiger partial charge in [0.2, 0.25) is 0 Å². The largest absolute Gasteiger partial charge is 0.405 e. The van der Waals surface area contributed by atoms with E-state index in [0.29, 0.717) is 11.3 Å². The number of hydrogen-bond donors (Lipinski definition) is 1. The molecule has 0 bridgehead atoms. The number of thiocarbonyl (C=S) groups is 1. The van der Waals surface area contributed by atoms with Gasteiger partial charge in [-0.3, -0.25) is 0 Å². The maximum atomic E-state index is 12.6. The van der Waals surface area contributed by atoms with Gasteiger partial charge in [0.1, 0.15) is 11.5 Å². The van der Waals surface area contributed by atoms with Crippen LogP contribution in [0.15, 0.2) is 18.2 Å². The standard InChI is InChI=1S/C13H17F3N2S/c1-8(2)18(7-13(14,15)16)11-5-4-10(12(17)19)6-9(11)3/h4-6,8H,7H2,1-3H3,(H2,17,19). The second-order valence-corrected chi connectivity index (χ2v) is 5.14. The summed E-state index contributed by atoms with van der Waals surface area (Å²) in [6, 6.07) is 4.74. The first kappa shape index (κ1) is 15.8. The van der Waals surface area contributed by atoms with Crippen LogP contribution >= 0.6 is 12.2 Å². The molecule has 0 aliphatic carbocycles. The molecular formula is C13H17F3N2S. The Morgan fingerprint density at radius 1 is 1.37 bits per heavy atom. The third-order valence-electron chi connectivity index (χ3n) is 2.76. The Morgan fingerprint density at radius 3 is 2.32 bits per heavy atom. The number of rotatable bonds is 4. The Bertz CT molecular complexity index is 469. The third kappa shape index (κ3) is 4.38.